The summed E-state index contributed by atoms with van der Waals surface area (Å²) >= 11 is -0.710. The second-order valence-corrected chi connectivity index (χ2v) is 3.92. The molecule has 0 saturated carbocycles. The topological polar surface area (TPSA) is 67.8 Å². The summed E-state index contributed by atoms with van der Waals surface area (Å²) in [5.74, 6) is -1.79. The first-order chi connectivity index (χ1) is 8.56. The Morgan fingerprint density at radius 3 is 2.61 bits per heavy atom. The van der Waals surface area contributed by atoms with E-state index in [4.69, 9.17) is 0 Å². The Hall–Kier alpha value is -1.22. The van der Waals surface area contributed by atoms with Gasteiger partial charge in [0.05, 0.1) is 6.61 Å². The molecule has 18 heavy (non-hydrogen) atoms. The summed E-state index contributed by atoms with van der Waals surface area (Å²) in [6, 6.07) is 8.91. The SMILES string of the molecule is O=C(OCCc1ccccc1)C(F)(F)SOO[O-]. The minimum absolute atomic E-state index is 0.197. The van der Waals surface area contributed by atoms with E-state index >= 15 is 0 Å². The summed E-state index contributed by atoms with van der Waals surface area (Å²) in [6.07, 6.45) is 0.312. The first-order valence-corrected chi connectivity index (χ1v) is 5.53. The molecular weight excluding hydrogens is 270 g/mol. The van der Waals surface area contributed by atoms with E-state index < -0.39 is 23.3 Å². The standard InChI is InChI=1S/C10H10F2O5S/c11-10(12,18-17-16-14)9(13)15-7-6-8-4-2-1-3-5-8/h1-5,14H,6-7H2/p-1. The molecule has 0 aliphatic heterocycles. The van der Waals surface area contributed by atoms with Crippen LogP contribution in [0.1, 0.15) is 5.56 Å². The summed E-state index contributed by atoms with van der Waals surface area (Å²) in [5, 5.41) is 8.11. The summed E-state index contributed by atoms with van der Waals surface area (Å²) in [6.45, 7) is -0.197. The lowest BCUT2D eigenvalue weighted by atomic mass is 10.2. The fraction of sp³-hybridized carbons (Fsp3) is 0.300. The largest absolute Gasteiger partial charge is 0.691 e. The summed E-state index contributed by atoms with van der Waals surface area (Å²) < 4.78 is 33.5. The van der Waals surface area contributed by atoms with Crippen molar-refractivity contribution in [2.24, 2.45) is 0 Å². The molecule has 0 spiro atoms. The monoisotopic (exact) mass is 279 g/mol. The molecule has 100 valence electrons. The molecule has 0 atom stereocenters. The number of ether oxygens (including phenoxy) is 1. The fourth-order valence-corrected chi connectivity index (χ4v) is 1.32. The third-order valence-corrected chi connectivity index (χ3v) is 2.37. The number of rotatable bonds is 7. The van der Waals surface area contributed by atoms with E-state index in [2.05, 4.69) is 14.1 Å². The lowest BCUT2D eigenvalue weighted by Crippen LogP contribution is -2.28. The Morgan fingerprint density at radius 1 is 1.33 bits per heavy atom. The molecular formula is C10H9F2O5S-. The van der Waals surface area contributed by atoms with Crippen LogP contribution >= 0.6 is 12.0 Å². The molecule has 8 heteroatoms. The van der Waals surface area contributed by atoms with Gasteiger partial charge in [0.15, 0.2) is 0 Å². The van der Waals surface area contributed by atoms with Gasteiger partial charge in [0.2, 0.25) is 0 Å². The van der Waals surface area contributed by atoms with Gasteiger partial charge in [-0.25, -0.2) is 4.79 Å². The van der Waals surface area contributed by atoms with Gasteiger partial charge in [-0.3, -0.25) is 5.04 Å². The van der Waals surface area contributed by atoms with Crippen LogP contribution in [0.3, 0.4) is 0 Å². The molecule has 0 heterocycles. The van der Waals surface area contributed by atoms with Crippen LogP contribution in [0.5, 0.6) is 0 Å². The van der Waals surface area contributed by atoms with Gasteiger partial charge >= 0.3 is 11.2 Å². The number of carbonyl (C=O) groups is 1. The second-order valence-electron chi connectivity index (χ2n) is 3.11. The van der Waals surface area contributed by atoms with Gasteiger partial charge in [0, 0.05) is 6.42 Å². The second kappa shape index (κ2) is 7.27. The molecule has 0 fully saturated rings. The third kappa shape index (κ3) is 4.96. The van der Waals surface area contributed by atoms with Gasteiger partial charge in [-0.15, -0.1) is 0 Å². The van der Waals surface area contributed by atoms with Crippen LogP contribution in [0.15, 0.2) is 30.3 Å². The lowest BCUT2D eigenvalue weighted by Gasteiger charge is -2.13. The molecule has 0 aromatic heterocycles. The summed E-state index contributed by atoms with van der Waals surface area (Å²) in [4.78, 5) is 10.9. The van der Waals surface area contributed by atoms with E-state index in [1.165, 1.54) is 0 Å². The number of esters is 1. The first kappa shape index (κ1) is 14.8. The van der Waals surface area contributed by atoms with E-state index in [9.17, 15) is 18.8 Å². The number of halogens is 2. The van der Waals surface area contributed by atoms with Crippen LogP contribution in [0, 0.1) is 0 Å². The Balaban J connectivity index is 2.32. The maximum atomic E-state index is 12.9. The minimum Gasteiger partial charge on any atom is -0.691 e. The van der Waals surface area contributed by atoms with E-state index in [1.807, 2.05) is 0 Å². The van der Waals surface area contributed by atoms with Crippen LogP contribution in [0.4, 0.5) is 8.78 Å². The van der Waals surface area contributed by atoms with Crippen molar-refractivity contribution < 1.29 is 32.9 Å². The van der Waals surface area contributed by atoms with Gasteiger partial charge in [-0.1, -0.05) is 30.3 Å². The molecule has 1 rings (SSSR count). The van der Waals surface area contributed by atoms with Gasteiger partial charge in [0.25, 0.3) is 0 Å². The van der Waals surface area contributed by atoms with Crippen LogP contribution in [0.25, 0.3) is 0 Å². The van der Waals surface area contributed by atoms with E-state index in [-0.39, 0.29) is 6.61 Å². The quantitative estimate of drug-likeness (QED) is 0.324. The molecule has 0 radical (unpaired) electrons. The highest BCUT2D eigenvalue weighted by atomic mass is 32.2. The number of benzene rings is 1. The van der Waals surface area contributed by atoms with Gasteiger partial charge in [-0.05, 0) is 5.56 Å². The fourth-order valence-electron chi connectivity index (χ4n) is 1.08. The third-order valence-electron chi connectivity index (χ3n) is 1.87. The molecule has 0 aliphatic rings. The predicted molar refractivity (Wildman–Crippen MR) is 55.8 cm³/mol. The van der Waals surface area contributed by atoms with Crippen molar-refractivity contribution >= 4 is 18.0 Å². The zero-order valence-corrected chi connectivity index (χ0v) is 9.82. The maximum Gasteiger partial charge on any atom is 0.415 e. The molecule has 0 amide bonds. The smallest absolute Gasteiger partial charge is 0.415 e. The zero-order valence-electron chi connectivity index (χ0n) is 9.01. The van der Waals surface area contributed by atoms with Crippen LogP contribution in [-0.4, -0.2) is 17.8 Å². The highest BCUT2D eigenvalue weighted by Crippen LogP contribution is 2.30. The molecule has 0 aliphatic carbocycles. The Morgan fingerprint density at radius 2 is 2.00 bits per heavy atom. The van der Waals surface area contributed by atoms with Crippen molar-refractivity contribution in [1.82, 2.24) is 0 Å². The Kier molecular flexibility index (Phi) is 5.99. The summed E-state index contributed by atoms with van der Waals surface area (Å²) in [5.41, 5.74) is 0.848. The van der Waals surface area contributed by atoms with Crippen molar-refractivity contribution in [2.45, 2.75) is 11.7 Å². The lowest BCUT2D eigenvalue weighted by molar-refractivity contribution is -0.777. The first-order valence-electron chi connectivity index (χ1n) is 4.79. The van der Waals surface area contributed by atoms with Gasteiger partial charge in [0.1, 0.15) is 12.0 Å². The average Bonchev–Trinajstić information content (AvgIpc) is 2.37. The zero-order chi connectivity index (χ0) is 13.4. The Bertz CT molecular complexity index is 374. The number of hydrogen-bond donors (Lipinski definition) is 0. The molecule has 0 saturated heterocycles. The van der Waals surface area contributed by atoms with Crippen LogP contribution in [0.2, 0.25) is 0 Å². The van der Waals surface area contributed by atoms with Crippen molar-refractivity contribution in [3.05, 3.63) is 35.9 Å². The Labute approximate surface area is 106 Å². The van der Waals surface area contributed by atoms with Gasteiger partial charge < -0.3 is 9.99 Å². The van der Waals surface area contributed by atoms with E-state index in [0.29, 0.717) is 6.42 Å². The molecule has 1 aromatic rings. The maximum absolute atomic E-state index is 12.9. The van der Waals surface area contributed by atoms with Crippen molar-refractivity contribution in [3.63, 3.8) is 0 Å². The van der Waals surface area contributed by atoms with Crippen molar-refractivity contribution in [2.75, 3.05) is 6.61 Å². The average molecular weight is 279 g/mol. The van der Waals surface area contributed by atoms with Crippen molar-refractivity contribution in [1.29, 1.82) is 0 Å². The van der Waals surface area contributed by atoms with E-state index in [0.717, 1.165) is 5.56 Å². The molecule has 0 unspecified atom stereocenters. The van der Waals surface area contributed by atoms with Crippen molar-refractivity contribution in [3.8, 4) is 0 Å². The van der Waals surface area contributed by atoms with Gasteiger partial charge in [-0.2, -0.15) is 13.1 Å². The van der Waals surface area contributed by atoms with Crippen LogP contribution in [-0.2, 0) is 25.3 Å². The predicted octanol–water partition coefficient (Wildman–Crippen LogP) is 1.24. The number of hydrogen-bond acceptors (Lipinski definition) is 6. The molecule has 1 aromatic carbocycles. The molecule has 0 bridgehead atoms. The highest BCUT2D eigenvalue weighted by Gasteiger charge is 2.43. The number of carbonyl (C=O) groups excluding carboxylic acids is 1. The molecule has 5 nitrogen and oxygen atoms in total. The highest BCUT2D eigenvalue weighted by molar-refractivity contribution is 7.96. The summed E-state index contributed by atoms with van der Waals surface area (Å²) in [7, 11) is 0. The number of alkyl halides is 2. The molecule has 0 N–H and O–H groups in total. The normalized spacial score (nSPS) is 11.3. The van der Waals surface area contributed by atoms with Crippen LogP contribution < -0.4 is 5.26 Å². The van der Waals surface area contributed by atoms with E-state index in [1.54, 1.807) is 30.3 Å². The minimum atomic E-state index is -3.99.